The second kappa shape index (κ2) is 5.11. The van der Waals surface area contributed by atoms with Gasteiger partial charge in [0.25, 0.3) is 0 Å². The fourth-order valence-corrected chi connectivity index (χ4v) is 2.32. The van der Waals surface area contributed by atoms with E-state index >= 15 is 0 Å². The Bertz CT molecular complexity index is 595. The highest BCUT2D eigenvalue weighted by Crippen LogP contribution is 2.31. The second-order valence-corrected chi connectivity index (χ2v) is 5.69. The lowest BCUT2D eigenvalue weighted by molar-refractivity contribution is 0.569. The zero-order chi connectivity index (χ0) is 13.4. The summed E-state index contributed by atoms with van der Waals surface area (Å²) in [6.07, 6.45) is 0. The molecule has 2 rings (SSSR count). The Morgan fingerprint density at radius 1 is 1.33 bits per heavy atom. The number of anilines is 1. The van der Waals surface area contributed by atoms with Crippen LogP contribution in [-0.4, -0.2) is 9.78 Å². The van der Waals surface area contributed by atoms with E-state index < -0.39 is 0 Å². The number of aryl methyl sites for hydroxylation is 1. The maximum absolute atomic E-state index is 6.02. The van der Waals surface area contributed by atoms with Crippen LogP contribution < -0.4 is 5.73 Å². The Balaban J connectivity index is 2.44. The van der Waals surface area contributed by atoms with E-state index in [0.29, 0.717) is 15.9 Å². The van der Waals surface area contributed by atoms with Crippen LogP contribution in [0.2, 0.25) is 10.0 Å². The van der Waals surface area contributed by atoms with Crippen LogP contribution in [0.25, 0.3) is 0 Å². The van der Waals surface area contributed by atoms with Gasteiger partial charge in [-0.1, -0.05) is 29.3 Å². The molecule has 0 aliphatic carbocycles. The summed E-state index contributed by atoms with van der Waals surface area (Å²) >= 11 is 15.3. The van der Waals surface area contributed by atoms with Gasteiger partial charge in [-0.2, -0.15) is 5.10 Å². The highest BCUT2D eigenvalue weighted by Gasteiger charge is 2.17. The van der Waals surface area contributed by atoms with Crippen LogP contribution in [0.15, 0.2) is 22.7 Å². The number of hydrogen-bond acceptors (Lipinski definition) is 2. The number of nitrogens with zero attached hydrogens (tertiary/aromatic N) is 2. The van der Waals surface area contributed by atoms with E-state index in [0.717, 1.165) is 15.7 Å². The molecule has 2 N–H and O–H groups in total. The van der Waals surface area contributed by atoms with Crippen LogP contribution in [0, 0.1) is 6.92 Å². The molecule has 1 aromatic heterocycles. The number of benzene rings is 1. The van der Waals surface area contributed by atoms with Crippen molar-refractivity contribution in [2.45, 2.75) is 19.9 Å². The van der Waals surface area contributed by atoms with E-state index in [4.69, 9.17) is 28.9 Å². The molecule has 0 amide bonds. The molecule has 1 unspecified atom stereocenters. The molecule has 18 heavy (non-hydrogen) atoms. The first-order valence-corrected chi connectivity index (χ1v) is 6.91. The van der Waals surface area contributed by atoms with E-state index in [1.165, 1.54) is 0 Å². The number of aromatic nitrogens is 2. The normalized spacial score (nSPS) is 12.7. The van der Waals surface area contributed by atoms with E-state index in [1.54, 1.807) is 10.7 Å². The average molecular weight is 349 g/mol. The number of hydrogen-bond donors (Lipinski definition) is 1. The van der Waals surface area contributed by atoms with Crippen molar-refractivity contribution in [1.29, 1.82) is 0 Å². The maximum Gasteiger partial charge on any atom is 0.137 e. The highest BCUT2D eigenvalue weighted by molar-refractivity contribution is 9.10. The SMILES string of the molecule is Cc1nn(C(C)c2ccc(Cl)c(Cl)c2)c(N)c1Br. The molecule has 1 atom stereocenters. The Labute approximate surface area is 124 Å². The molecule has 96 valence electrons. The molecule has 6 heteroatoms. The number of nitrogen functional groups attached to an aromatic ring is 1. The van der Waals surface area contributed by atoms with Crippen molar-refractivity contribution in [3.05, 3.63) is 44.0 Å². The van der Waals surface area contributed by atoms with Gasteiger partial charge in [0.15, 0.2) is 0 Å². The van der Waals surface area contributed by atoms with Crippen LogP contribution in [0.5, 0.6) is 0 Å². The number of rotatable bonds is 2. The van der Waals surface area contributed by atoms with Gasteiger partial charge >= 0.3 is 0 Å². The molecule has 0 radical (unpaired) electrons. The fourth-order valence-electron chi connectivity index (χ4n) is 1.75. The topological polar surface area (TPSA) is 43.8 Å². The summed E-state index contributed by atoms with van der Waals surface area (Å²) in [6, 6.07) is 5.52. The molecule has 0 aliphatic heterocycles. The van der Waals surface area contributed by atoms with E-state index in [2.05, 4.69) is 21.0 Å². The van der Waals surface area contributed by atoms with Crippen molar-refractivity contribution in [1.82, 2.24) is 9.78 Å². The van der Waals surface area contributed by atoms with Crippen LogP contribution in [-0.2, 0) is 0 Å². The van der Waals surface area contributed by atoms with Crippen LogP contribution in [0.4, 0.5) is 5.82 Å². The first-order valence-electron chi connectivity index (χ1n) is 5.37. The minimum atomic E-state index is -0.00948. The minimum Gasteiger partial charge on any atom is -0.383 e. The predicted octanol–water partition coefficient (Wildman–Crippen LogP) is 4.45. The first kappa shape index (κ1) is 13.7. The summed E-state index contributed by atoms with van der Waals surface area (Å²) in [6.45, 7) is 3.91. The average Bonchev–Trinajstić information content (AvgIpc) is 2.60. The molecule has 0 aliphatic rings. The summed E-state index contributed by atoms with van der Waals surface area (Å²) in [4.78, 5) is 0. The van der Waals surface area contributed by atoms with Gasteiger partial charge in [-0.05, 0) is 47.5 Å². The summed E-state index contributed by atoms with van der Waals surface area (Å²) in [5.41, 5.74) is 7.87. The zero-order valence-corrected chi connectivity index (χ0v) is 13.0. The smallest absolute Gasteiger partial charge is 0.137 e. The van der Waals surface area contributed by atoms with Gasteiger partial charge in [-0.25, -0.2) is 4.68 Å². The Hall–Kier alpha value is -0.710. The lowest BCUT2D eigenvalue weighted by atomic mass is 10.1. The summed E-state index contributed by atoms with van der Waals surface area (Å²) in [7, 11) is 0. The molecule has 1 heterocycles. The lowest BCUT2D eigenvalue weighted by Crippen LogP contribution is -2.11. The highest BCUT2D eigenvalue weighted by atomic mass is 79.9. The molecule has 3 nitrogen and oxygen atoms in total. The molecular weight excluding hydrogens is 337 g/mol. The van der Waals surface area contributed by atoms with Crippen molar-refractivity contribution in [2.24, 2.45) is 0 Å². The van der Waals surface area contributed by atoms with E-state index in [-0.39, 0.29) is 6.04 Å². The molecule has 2 aromatic rings. The Morgan fingerprint density at radius 3 is 2.50 bits per heavy atom. The quantitative estimate of drug-likeness (QED) is 0.871. The lowest BCUT2D eigenvalue weighted by Gasteiger charge is -2.15. The Morgan fingerprint density at radius 2 is 2.00 bits per heavy atom. The first-order chi connectivity index (χ1) is 8.41. The fraction of sp³-hybridized carbons (Fsp3) is 0.250. The second-order valence-electron chi connectivity index (χ2n) is 4.08. The van der Waals surface area contributed by atoms with Gasteiger partial charge in [-0.3, -0.25) is 0 Å². The number of nitrogens with two attached hydrogens (primary N) is 1. The maximum atomic E-state index is 6.02. The molecule has 0 fully saturated rings. The molecule has 1 aromatic carbocycles. The monoisotopic (exact) mass is 347 g/mol. The molecule has 0 bridgehead atoms. The largest absolute Gasteiger partial charge is 0.383 e. The third-order valence-electron chi connectivity index (χ3n) is 2.84. The zero-order valence-electron chi connectivity index (χ0n) is 9.92. The Kier molecular flexibility index (Phi) is 3.90. The van der Waals surface area contributed by atoms with Crippen molar-refractivity contribution in [2.75, 3.05) is 5.73 Å². The van der Waals surface area contributed by atoms with E-state index in [1.807, 2.05) is 26.0 Å². The predicted molar refractivity (Wildman–Crippen MR) is 79.4 cm³/mol. The van der Waals surface area contributed by atoms with Crippen molar-refractivity contribution in [3.63, 3.8) is 0 Å². The minimum absolute atomic E-state index is 0.00948. The van der Waals surface area contributed by atoms with Gasteiger partial charge in [0.05, 0.1) is 26.3 Å². The summed E-state index contributed by atoms with van der Waals surface area (Å²) in [5.74, 6) is 0.603. The van der Waals surface area contributed by atoms with Gasteiger partial charge in [-0.15, -0.1) is 0 Å². The number of halogens is 3. The van der Waals surface area contributed by atoms with Gasteiger partial charge in [0, 0.05) is 0 Å². The third kappa shape index (κ3) is 2.37. The van der Waals surface area contributed by atoms with Crippen LogP contribution >= 0.6 is 39.1 Å². The van der Waals surface area contributed by atoms with Gasteiger partial charge < -0.3 is 5.73 Å². The van der Waals surface area contributed by atoms with Gasteiger partial charge in [0.1, 0.15) is 5.82 Å². The van der Waals surface area contributed by atoms with Gasteiger partial charge in [0.2, 0.25) is 0 Å². The van der Waals surface area contributed by atoms with Crippen molar-refractivity contribution >= 4 is 44.9 Å². The summed E-state index contributed by atoms with van der Waals surface area (Å²) in [5, 5.41) is 5.48. The van der Waals surface area contributed by atoms with Crippen molar-refractivity contribution < 1.29 is 0 Å². The standard InChI is InChI=1S/C12H12BrCl2N3/c1-6-11(13)12(16)18(17-6)7(2)8-3-4-9(14)10(15)5-8/h3-5,7H,16H2,1-2H3. The van der Waals surface area contributed by atoms with Crippen LogP contribution in [0.3, 0.4) is 0 Å². The molecular formula is C12H12BrCl2N3. The molecule has 0 saturated carbocycles. The molecule has 0 saturated heterocycles. The summed E-state index contributed by atoms with van der Waals surface area (Å²) < 4.78 is 2.59. The third-order valence-corrected chi connectivity index (χ3v) is 4.56. The van der Waals surface area contributed by atoms with Crippen molar-refractivity contribution in [3.8, 4) is 0 Å². The molecule has 0 spiro atoms. The van der Waals surface area contributed by atoms with E-state index in [9.17, 15) is 0 Å². The van der Waals surface area contributed by atoms with Crippen LogP contribution in [0.1, 0.15) is 24.2 Å².